The standard InChI is InChI=1S/C10H6BrClN2O2/c11-6-3-5(1-2-7(6)12)10-13-8(15)4-9(16)14-10/h1-4H,(H2,13,14,15,16). The summed E-state index contributed by atoms with van der Waals surface area (Å²) in [7, 11) is 0. The lowest BCUT2D eigenvalue weighted by atomic mass is 10.2. The van der Waals surface area contributed by atoms with Gasteiger partial charge in [-0.25, -0.2) is 0 Å². The van der Waals surface area contributed by atoms with Crippen LogP contribution in [0.3, 0.4) is 0 Å². The Morgan fingerprint density at radius 1 is 1.38 bits per heavy atom. The predicted octanol–water partition coefficient (Wildman–Crippen LogP) is 2.56. The van der Waals surface area contributed by atoms with Gasteiger partial charge in [-0.3, -0.25) is 4.79 Å². The molecular formula is C10H6BrClN2O2. The zero-order valence-corrected chi connectivity index (χ0v) is 10.2. The van der Waals surface area contributed by atoms with E-state index in [4.69, 9.17) is 11.6 Å². The summed E-state index contributed by atoms with van der Waals surface area (Å²) in [4.78, 5) is 17.5. The Bertz CT molecular complexity index is 598. The van der Waals surface area contributed by atoms with E-state index >= 15 is 0 Å². The van der Waals surface area contributed by atoms with Crippen LogP contribution in [0.5, 0.6) is 5.88 Å². The second-order valence-electron chi connectivity index (χ2n) is 3.08. The third-order valence-electron chi connectivity index (χ3n) is 1.92. The quantitative estimate of drug-likeness (QED) is 0.850. The van der Waals surface area contributed by atoms with Gasteiger partial charge in [-0.1, -0.05) is 11.6 Å². The topological polar surface area (TPSA) is 66.0 Å². The lowest BCUT2D eigenvalue weighted by Crippen LogP contribution is -2.06. The zero-order chi connectivity index (χ0) is 11.7. The van der Waals surface area contributed by atoms with E-state index in [0.29, 0.717) is 20.9 Å². The molecule has 82 valence electrons. The van der Waals surface area contributed by atoms with Crippen LogP contribution in [-0.2, 0) is 0 Å². The minimum atomic E-state index is -0.409. The van der Waals surface area contributed by atoms with Gasteiger partial charge < -0.3 is 10.1 Å². The molecule has 0 saturated heterocycles. The van der Waals surface area contributed by atoms with Gasteiger partial charge in [-0.15, -0.1) is 0 Å². The van der Waals surface area contributed by atoms with Crippen molar-refractivity contribution >= 4 is 27.5 Å². The Morgan fingerprint density at radius 3 is 2.75 bits per heavy atom. The molecule has 0 spiro atoms. The van der Waals surface area contributed by atoms with Crippen molar-refractivity contribution in [2.75, 3.05) is 0 Å². The molecule has 0 bridgehead atoms. The maximum absolute atomic E-state index is 11.1. The number of nitrogens with zero attached hydrogens (tertiary/aromatic N) is 1. The van der Waals surface area contributed by atoms with Crippen LogP contribution in [0.15, 0.2) is 33.5 Å². The van der Waals surface area contributed by atoms with Crippen LogP contribution in [0.2, 0.25) is 5.02 Å². The molecule has 2 aromatic rings. The highest BCUT2D eigenvalue weighted by atomic mass is 79.9. The Morgan fingerprint density at radius 2 is 2.12 bits per heavy atom. The molecule has 0 aliphatic heterocycles. The first-order valence-corrected chi connectivity index (χ1v) is 5.49. The molecule has 0 fully saturated rings. The molecule has 6 heteroatoms. The molecule has 4 nitrogen and oxygen atoms in total. The van der Waals surface area contributed by atoms with E-state index in [0.717, 1.165) is 6.07 Å². The molecule has 2 rings (SSSR count). The smallest absolute Gasteiger partial charge is 0.254 e. The van der Waals surface area contributed by atoms with E-state index in [1.807, 2.05) is 0 Å². The van der Waals surface area contributed by atoms with E-state index in [9.17, 15) is 9.90 Å². The first-order chi connectivity index (χ1) is 7.56. The van der Waals surface area contributed by atoms with Crippen LogP contribution in [0.1, 0.15) is 0 Å². The van der Waals surface area contributed by atoms with Crippen molar-refractivity contribution in [3.8, 4) is 17.3 Å². The molecule has 16 heavy (non-hydrogen) atoms. The van der Waals surface area contributed by atoms with Gasteiger partial charge in [0.25, 0.3) is 5.56 Å². The minimum absolute atomic E-state index is 0.294. The number of H-pyrrole nitrogens is 1. The highest BCUT2D eigenvalue weighted by molar-refractivity contribution is 9.10. The summed E-state index contributed by atoms with van der Waals surface area (Å²) in [6.07, 6.45) is 0. The molecule has 0 atom stereocenters. The van der Waals surface area contributed by atoms with Crippen molar-refractivity contribution in [2.45, 2.75) is 0 Å². The number of hydrogen-bond acceptors (Lipinski definition) is 3. The van der Waals surface area contributed by atoms with Crippen molar-refractivity contribution in [3.63, 3.8) is 0 Å². The Kier molecular flexibility index (Phi) is 2.98. The van der Waals surface area contributed by atoms with Gasteiger partial charge in [-0.2, -0.15) is 4.98 Å². The number of rotatable bonds is 1. The number of benzene rings is 1. The second-order valence-corrected chi connectivity index (χ2v) is 4.34. The molecule has 1 aromatic heterocycles. The molecule has 1 heterocycles. The lowest BCUT2D eigenvalue weighted by Gasteiger charge is -2.02. The lowest BCUT2D eigenvalue weighted by molar-refractivity contribution is 0.452. The first kappa shape index (κ1) is 11.2. The minimum Gasteiger partial charge on any atom is -0.493 e. The van der Waals surface area contributed by atoms with E-state index in [1.54, 1.807) is 18.2 Å². The number of halogens is 2. The third-order valence-corrected chi connectivity index (χ3v) is 3.14. The SMILES string of the molecule is O=c1cc(O)nc(-c2ccc(Cl)c(Br)c2)[nH]1. The fourth-order valence-corrected chi connectivity index (χ4v) is 1.72. The fourth-order valence-electron chi connectivity index (χ4n) is 1.22. The number of hydrogen-bond donors (Lipinski definition) is 2. The van der Waals surface area contributed by atoms with Crippen LogP contribution in [-0.4, -0.2) is 15.1 Å². The molecule has 0 radical (unpaired) electrons. The Hall–Kier alpha value is -1.33. The van der Waals surface area contributed by atoms with Gasteiger partial charge in [0.2, 0.25) is 5.88 Å². The van der Waals surface area contributed by atoms with Gasteiger partial charge in [-0.05, 0) is 34.1 Å². The van der Waals surface area contributed by atoms with Gasteiger partial charge in [0.05, 0.1) is 11.1 Å². The van der Waals surface area contributed by atoms with Gasteiger partial charge in [0.1, 0.15) is 5.82 Å². The Balaban J connectivity index is 2.58. The van der Waals surface area contributed by atoms with Crippen molar-refractivity contribution in [1.29, 1.82) is 0 Å². The van der Waals surface area contributed by atoms with Crippen LogP contribution < -0.4 is 5.56 Å². The molecule has 0 aliphatic carbocycles. The number of aromatic hydroxyl groups is 1. The average molecular weight is 302 g/mol. The fraction of sp³-hybridized carbons (Fsp3) is 0. The van der Waals surface area contributed by atoms with Crippen LogP contribution in [0, 0.1) is 0 Å². The summed E-state index contributed by atoms with van der Waals surface area (Å²) in [5.41, 5.74) is 0.248. The summed E-state index contributed by atoms with van der Waals surface area (Å²) in [6, 6.07) is 6.09. The average Bonchev–Trinajstić information content (AvgIpc) is 2.20. The highest BCUT2D eigenvalue weighted by Crippen LogP contribution is 2.27. The van der Waals surface area contributed by atoms with Crippen molar-refractivity contribution in [3.05, 3.63) is 44.1 Å². The van der Waals surface area contributed by atoms with Crippen molar-refractivity contribution in [1.82, 2.24) is 9.97 Å². The molecule has 0 aliphatic rings. The maximum Gasteiger partial charge on any atom is 0.254 e. The number of aromatic amines is 1. The molecular weight excluding hydrogens is 295 g/mol. The maximum atomic E-state index is 11.1. The second kappa shape index (κ2) is 4.27. The van der Waals surface area contributed by atoms with Crippen LogP contribution in [0.4, 0.5) is 0 Å². The van der Waals surface area contributed by atoms with Crippen LogP contribution in [0.25, 0.3) is 11.4 Å². The van der Waals surface area contributed by atoms with Gasteiger partial charge in [0, 0.05) is 10.0 Å². The van der Waals surface area contributed by atoms with Gasteiger partial charge in [0.15, 0.2) is 0 Å². The first-order valence-electron chi connectivity index (χ1n) is 4.32. The molecule has 0 unspecified atom stereocenters. The summed E-state index contributed by atoms with van der Waals surface area (Å²) in [5, 5.41) is 9.77. The van der Waals surface area contributed by atoms with Crippen molar-refractivity contribution in [2.24, 2.45) is 0 Å². The molecule has 0 amide bonds. The van der Waals surface area contributed by atoms with E-state index in [-0.39, 0.29) is 5.88 Å². The summed E-state index contributed by atoms with van der Waals surface area (Å²) in [6.45, 7) is 0. The normalized spacial score (nSPS) is 10.4. The largest absolute Gasteiger partial charge is 0.493 e. The molecule has 1 aromatic carbocycles. The highest BCUT2D eigenvalue weighted by Gasteiger charge is 2.05. The van der Waals surface area contributed by atoms with E-state index < -0.39 is 5.56 Å². The molecule has 2 N–H and O–H groups in total. The molecule has 0 saturated carbocycles. The predicted molar refractivity (Wildman–Crippen MR) is 64.7 cm³/mol. The zero-order valence-electron chi connectivity index (χ0n) is 7.87. The monoisotopic (exact) mass is 300 g/mol. The van der Waals surface area contributed by atoms with Gasteiger partial charge >= 0.3 is 0 Å². The summed E-state index contributed by atoms with van der Waals surface area (Å²) >= 11 is 9.11. The Labute approximate surface area is 104 Å². The summed E-state index contributed by atoms with van der Waals surface area (Å²) < 4.78 is 0.692. The van der Waals surface area contributed by atoms with Crippen molar-refractivity contribution < 1.29 is 5.11 Å². The van der Waals surface area contributed by atoms with E-state index in [1.165, 1.54) is 0 Å². The van der Waals surface area contributed by atoms with E-state index in [2.05, 4.69) is 25.9 Å². The number of nitrogens with one attached hydrogen (secondary N) is 1. The van der Waals surface area contributed by atoms with Crippen LogP contribution >= 0.6 is 27.5 Å². The summed E-state index contributed by atoms with van der Waals surface area (Å²) in [5.74, 6) is -0.0211. The number of aromatic nitrogens is 2. The third kappa shape index (κ3) is 2.25.